The molecule has 3 heteroatoms. The minimum absolute atomic E-state index is 0.776. The van der Waals surface area contributed by atoms with E-state index in [9.17, 15) is 0 Å². The van der Waals surface area contributed by atoms with Crippen molar-refractivity contribution in [1.82, 2.24) is 9.80 Å². The predicted octanol–water partition coefficient (Wildman–Crippen LogP) is 4.58. The van der Waals surface area contributed by atoms with Gasteiger partial charge in [0.25, 0.3) is 0 Å². The van der Waals surface area contributed by atoms with E-state index in [0.717, 1.165) is 18.6 Å². The molecule has 0 aromatic carbocycles. The van der Waals surface area contributed by atoms with E-state index in [1.54, 1.807) is 0 Å². The summed E-state index contributed by atoms with van der Waals surface area (Å²) in [7, 11) is 0. The summed E-state index contributed by atoms with van der Waals surface area (Å²) in [4.78, 5) is 5.17. The lowest BCUT2D eigenvalue weighted by molar-refractivity contribution is 0.184. The third kappa shape index (κ3) is 5.52. The zero-order valence-electron chi connectivity index (χ0n) is 13.9. The van der Waals surface area contributed by atoms with Gasteiger partial charge in [0.1, 0.15) is 0 Å². The van der Waals surface area contributed by atoms with Gasteiger partial charge in [-0.05, 0) is 30.7 Å². The Morgan fingerprint density at radius 1 is 1.10 bits per heavy atom. The van der Waals surface area contributed by atoms with Crippen LogP contribution in [0.4, 0.5) is 0 Å². The molecule has 0 aromatic heterocycles. The van der Waals surface area contributed by atoms with Crippen LogP contribution in [-0.4, -0.2) is 47.1 Å². The van der Waals surface area contributed by atoms with Gasteiger partial charge in [0.05, 0.1) is 6.67 Å². The molecule has 1 saturated carbocycles. The smallest absolute Gasteiger partial charge is 0.0705 e. The van der Waals surface area contributed by atoms with Crippen molar-refractivity contribution >= 4 is 11.8 Å². The van der Waals surface area contributed by atoms with Gasteiger partial charge in [-0.3, -0.25) is 4.90 Å². The zero-order valence-corrected chi connectivity index (χ0v) is 14.8. The van der Waals surface area contributed by atoms with Gasteiger partial charge >= 0.3 is 0 Å². The molecule has 2 aliphatic rings. The Labute approximate surface area is 136 Å². The summed E-state index contributed by atoms with van der Waals surface area (Å²) in [6.07, 6.45) is 13.7. The maximum atomic E-state index is 4.00. The maximum absolute atomic E-state index is 4.00. The second-order valence-corrected chi connectivity index (χ2v) is 8.02. The molecule has 2 rings (SSSR count). The number of nitrogens with zero attached hydrogens (tertiary/aromatic N) is 2. The summed E-state index contributed by atoms with van der Waals surface area (Å²) in [5.74, 6) is 3.44. The molecule has 1 saturated heterocycles. The van der Waals surface area contributed by atoms with Crippen LogP contribution in [0.5, 0.6) is 0 Å². The minimum atomic E-state index is 0.776. The average Bonchev–Trinajstić information content (AvgIpc) is 2.95. The molecule has 2 nitrogen and oxygen atoms in total. The highest BCUT2D eigenvalue weighted by molar-refractivity contribution is 7.99. The molecule has 1 aliphatic carbocycles. The topological polar surface area (TPSA) is 6.48 Å². The molecular formula is C18H34N2S. The molecule has 1 heterocycles. The van der Waals surface area contributed by atoms with Crippen LogP contribution in [0.1, 0.15) is 58.3 Å². The zero-order chi connectivity index (χ0) is 14.9. The van der Waals surface area contributed by atoms with Crippen molar-refractivity contribution in [2.75, 3.05) is 31.3 Å². The molecule has 0 bridgehead atoms. The van der Waals surface area contributed by atoms with Crippen LogP contribution in [0.15, 0.2) is 12.8 Å². The Balaban J connectivity index is 1.92. The third-order valence-electron chi connectivity index (χ3n) is 5.18. The Morgan fingerprint density at radius 2 is 1.76 bits per heavy atom. The van der Waals surface area contributed by atoms with Crippen LogP contribution in [0.25, 0.3) is 0 Å². The molecule has 0 N–H and O–H groups in total. The summed E-state index contributed by atoms with van der Waals surface area (Å²) in [5, 5.41) is 0. The van der Waals surface area contributed by atoms with Crippen LogP contribution < -0.4 is 0 Å². The summed E-state index contributed by atoms with van der Waals surface area (Å²) in [5.41, 5.74) is 0. The molecule has 2 fully saturated rings. The first-order valence-corrected chi connectivity index (χ1v) is 10.2. The standard InChI is InChI=1S/C18H34N2S/c1-3-19-15-18(20(16-19)13-14-21-4-2)17-11-9-7-5-6-8-10-12-17/h3,17-18H,1,4-16H2,2H3. The molecule has 0 radical (unpaired) electrons. The first-order valence-electron chi connectivity index (χ1n) is 9.03. The molecular weight excluding hydrogens is 276 g/mol. The van der Waals surface area contributed by atoms with Gasteiger partial charge in [-0.25, -0.2) is 0 Å². The van der Waals surface area contributed by atoms with Crippen molar-refractivity contribution in [2.45, 2.75) is 64.3 Å². The molecule has 0 aromatic rings. The van der Waals surface area contributed by atoms with E-state index < -0.39 is 0 Å². The van der Waals surface area contributed by atoms with Crippen molar-refractivity contribution in [2.24, 2.45) is 5.92 Å². The quantitative estimate of drug-likeness (QED) is 0.663. The fourth-order valence-electron chi connectivity index (χ4n) is 3.94. The fraction of sp³-hybridized carbons (Fsp3) is 0.889. The van der Waals surface area contributed by atoms with E-state index in [1.807, 2.05) is 0 Å². The van der Waals surface area contributed by atoms with Gasteiger partial charge in [0.15, 0.2) is 0 Å². The maximum Gasteiger partial charge on any atom is 0.0705 e. The fourth-order valence-corrected chi connectivity index (χ4v) is 4.60. The lowest BCUT2D eigenvalue weighted by Crippen LogP contribution is -2.38. The van der Waals surface area contributed by atoms with Crippen LogP contribution >= 0.6 is 11.8 Å². The Hall–Kier alpha value is -0.150. The number of hydrogen-bond donors (Lipinski definition) is 0. The van der Waals surface area contributed by atoms with Crippen molar-refractivity contribution in [3.8, 4) is 0 Å². The van der Waals surface area contributed by atoms with E-state index in [-0.39, 0.29) is 0 Å². The van der Waals surface area contributed by atoms with Gasteiger partial charge in [-0.1, -0.05) is 52.0 Å². The molecule has 21 heavy (non-hydrogen) atoms. The lowest BCUT2D eigenvalue weighted by Gasteiger charge is -2.30. The van der Waals surface area contributed by atoms with Crippen LogP contribution in [0.2, 0.25) is 0 Å². The van der Waals surface area contributed by atoms with E-state index in [2.05, 4.69) is 41.3 Å². The Morgan fingerprint density at radius 3 is 2.38 bits per heavy atom. The van der Waals surface area contributed by atoms with Gasteiger partial charge in [-0.2, -0.15) is 11.8 Å². The summed E-state index contributed by atoms with van der Waals surface area (Å²) in [6.45, 7) is 9.83. The second-order valence-electron chi connectivity index (χ2n) is 6.63. The molecule has 1 unspecified atom stereocenters. The summed E-state index contributed by atoms with van der Waals surface area (Å²) < 4.78 is 0. The average molecular weight is 311 g/mol. The Bertz CT molecular complexity index is 285. The van der Waals surface area contributed by atoms with Gasteiger partial charge in [-0.15, -0.1) is 0 Å². The molecule has 122 valence electrons. The number of thioether (sulfide) groups is 1. The molecule has 0 spiro atoms. The first kappa shape index (κ1) is 17.2. The lowest BCUT2D eigenvalue weighted by atomic mass is 9.89. The van der Waals surface area contributed by atoms with Crippen molar-refractivity contribution in [3.05, 3.63) is 12.8 Å². The van der Waals surface area contributed by atoms with Crippen molar-refractivity contribution in [1.29, 1.82) is 0 Å². The predicted molar refractivity (Wildman–Crippen MR) is 95.7 cm³/mol. The van der Waals surface area contributed by atoms with E-state index >= 15 is 0 Å². The van der Waals surface area contributed by atoms with E-state index in [4.69, 9.17) is 0 Å². The van der Waals surface area contributed by atoms with Crippen molar-refractivity contribution in [3.63, 3.8) is 0 Å². The van der Waals surface area contributed by atoms with Gasteiger partial charge in [0.2, 0.25) is 0 Å². The monoisotopic (exact) mass is 310 g/mol. The highest BCUT2D eigenvalue weighted by atomic mass is 32.2. The van der Waals surface area contributed by atoms with Gasteiger partial charge in [0, 0.05) is 24.9 Å². The van der Waals surface area contributed by atoms with Crippen molar-refractivity contribution < 1.29 is 0 Å². The highest BCUT2D eigenvalue weighted by Crippen LogP contribution is 2.30. The van der Waals surface area contributed by atoms with Crippen LogP contribution in [0.3, 0.4) is 0 Å². The van der Waals surface area contributed by atoms with E-state index in [1.165, 1.54) is 76.0 Å². The normalized spacial score (nSPS) is 26.3. The van der Waals surface area contributed by atoms with Crippen LogP contribution in [-0.2, 0) is 0 Å². The second kappa shape index (κ2) is 9.78. The number of hydrogen-bond acceptors (Lipinski definition) is 3. The Kier molecular flexibility index (Phi) is 8.02. The third-order valence-corrected chi connectivity index (χ3v) is 6.06. The molecule has 1 atom stereocenters. The SMILES string of the molecule is C=CN1CC(C2CCCCCCCC2)N(CCSCC)C1. The first-order chi connectivity index (χ1) is 10.3. The molecule has 0 amide bonds. The summed E-state index contributed by atoms with van der Waals surface area (Å²) >= 11 is 2.08. The van der Waals surface area contributed by atoms with Crippen LogP contribution in [0, 0.1) is 5.92 Å². The van der Waals surface area contributed by atoms with Gasteiger partial charge < -0.3 is 4.90 Å². The largest absolute Gasteiger partial charge is 0.364 e. The van der Waals surface area contributed by atoms with E-state index in [0.29, 0.717) is 0 Å². The molecule has 1 aliphatic heterocycles. The highest BCUT2D eigenvalue weighted by Gasteiger charge is 2.33. The number of rotatable bonds is 6. The summed E-state index contributed by atoms with van der Waals surface area (Å²) in [6, 6.07) is 0.776. The minimum Gasteiger partial charge on any atom is -0.364 e.